The average Bonchev–Trinajstić information content (AvgIpc) is 0.900. The summed E-state index contributed by atoms with van der Waals surface area (Å²) in [5, 5.41) is 10.7. The van der Waals surface area contributed by atoms with Crippen molar-refractivity contribution in [2.45, 2.75) is 484 Å². The highest BCUT2D eigenvalue weighted by atomic mass is 31.2. The van der Waals surface area contributed by atoms with E-state index in [1.807, 2.05) is 0 Å². The second-order valence-corrected chi connectivity index (χ2v) is 34.9. The molecule has 0 bridgehead atoms. The number of aliphatic hydroxyl groups is 1. The Hall–Kier alpha value is -1.94. The molecule has 17 nitrogen and oxygen atoms in total. The summed E-state index contributed by atoms with van der Waals surface area (Å²) in [7, 11) is -9.92. The first kappa shape index (κ1) is 104. The molecule has 0 fully saturated rings. The van der Waals surface area contributed by atoms with Gasteiger partial charge in [0.2, 0.25) is 0 Å². The molecule has 0 aliphatic rings. The number of carbonyl (C=O) groups is 4. The maximum Gasteiger partial charge on any atom is 0.472 e. The van der Waals surface area contributed by atoms with Crippen LogP contribution in [-0.2, 0) is 65.4 Å². The van der Waals surface area contributed by atoms with Gasteiger partial charge in [0.25, 0.3) is 0 Å². The molecule has 0 radical (unpaired) electrons. The van der Waals surface area contributed by atoms with Gasteiger partial charge >= 0.3 is 39.5 Å². The van der Waals surface area contributed by atoms with Crippen molar-refractivity contribution in [3.05, 3.63) is 0 Å². The summed E-state index contributed by atoms with van der Waals surface area (Å²) in [6.45, 7) is 9.71. The molecule has 0 rings (SSSR count). The predicted octanol–water partition coefficient (Wildman–Crippen LogP) is 26.6. The number of ether oxygens (including phenoxy) is 4. The number of phosphoric acid groups is 2. The summed E-state index contributed by atoms with van der Waals surface area (Å²) in [5.74, 6) is -0.448. The van der Waals surface area contributed by atoms with Crippen molar-refractivity contribution in [3.63, 3.8) is 0 Å². The van der Waals surface area contributed by atoms with Crippen LogP contribution in [0, 0.1) is 11.8 Å². The Balaban J connectivity index is 5.16. The lowest BCUT2D eigenvalue weighted by molar-refractivity contribution is -0.161. The van der Waals surface area contributed by atoms with E-state index in [-0.39, 0.29) is 25.7 Å². The number of esters is 4. The molecular weight excluding hydrogens is 1380 g/mol. The fourth-order valence-electron chi connectivity index (χ4n) is 13.6. The quantitative estimate of drug-likeness (QED) is 0.0222. The minimum Gasteiger partial charge on any atom is -0.462 e. The van der Waals surface area contributed by atoms with Crippen LogP contribution in [0.3, 0.4) is 0 Å². The minimum absolute atomic E-state index is 0.108. The van der Waals surface area contributed by atoms with Gasteiger partial charge in [-0.2, -0.15) is 0 Å². The first-order valence-corrected chi connectivity index (χ1v) is 48.0. The van der Waals surface area contributed by atoms with Crippen LogP contribution in [0.25, 0.3) is 0 Å². The molecule has 0 heterocycles. The highest BCUT2D eigenvalue weighted by Crippen LogP contribution is 2.45. The van der Waals surface area contributed by atoms with E-state index in [0.29, 0.717) is 25.7 Å². The number of rotatable bonds is 86. The Morgan fingerprint density at radius 3 is 0.717 bits per heavy atom. The summed E-state index contributed by atoms with van der Waals surface area (Å²) < 4.78 is 68.8. The fraction of sp³-hybridized carbons (Fsp3) is 0.954. The van der Waals surface area contributed by atoms with Crippen LogP contribution in [0.4, 0.5) is 0 Å². The topological polar surface area (TPSA) is 237 Å². The standard InChI is InChI=1S/C87H170O17P2/c1-7-10-12-14-16-17-18-19-20-21-22-23-24-25-26-31-37-42-47-53-59-65-72-87(92)104-83(76-98-85(90)70-64-58-52-46-41-36-30-28-27-29-34-39-44-50-55-61-67-79(4)5)78-102-106(95,96)100-74-81(88)73-99-105(93,94)101-77-82(75-97-84(89)69-63-57-49-15-13-11-8-2)103-86(91)71-66-60-54-48-43-38-33-32-35-40-45-51-56-62-68-80(6)9-3/h79-83,88H,7-78H2,1-6H3,(H,93,94)(H,95,96)/t80?,81-,82+,83+/m0/s1. The zero-order chi connectivity index (χ0) is 77.8. The smallest absolute Gasteiger partial charge is 0.462 e. The predicted molar refractivity (Wildman–Crippen MR) is 437 cm³/mol. The largest absolute Gasteiger partial charge is 0.472 e. The summed E-state index contributed by atoms with van der Waals surface area (Å²) in [6, 6.07) is 0. The number of aliphatic hydroxyl groups excluding tert-OH is 1. The number of hydrogen-bond donors (Lipinski definition) is 3. The van der Waals surface area contributed by atoms with Crippen molar-refractivity contribution in [1.82, 2.24) is 0 Å². The van der Waals surface area contributed by atoms with E-state index in [1.54, 1.807) is 0 Å². The van der Waals surface area contributed by atoms with Crippen LogP contribution in [0.5, 0.6) is 0 Å². The van der Waals surface area contributed by atoms with Gasteiger partial charge in [-0.1, -0.05) is 414 Å². The van der Waals surface area contributed by atoms with Gasteiger partial charge in [-0.15, -0.1) is 0 Å². The zero-order valence-electron chi connectivity index (χ0n) is 69.7. The van der Waals surface area contributed by atoms with Crippen molar-refractivity contribution < 1.29 is 80.2 Å². The first-order valence-electron chi connectivity index (χ1n) is 45.0. The normalized spacial score (nSPS) is 14.1. The Labute approximate surface area is 651 Å². The number of phosphoric ester groups is 2. The Kier molecular flexibility index (Phi) is 76.9. The third-order valence-electron chi connectivity index (χ3n) is 20.8. The van der Waals surface area contributed by atoms with Crippen LogP contribution in [0.15, 0.2) is 0 Å². The van der Waals surface area contributed by atoms with Crippen molar-refractivity contribution >= 4 is 39.5 Å². The second kappa shape index (κ2) is 78.3. The molecule has 0 saturated carbocycles. The lowest BCUT2D eigenvalue weighted by Crippen LogP contribution is -2.30. The van der Waals surface area contributed by atoms with Crippen LogP contribution in [0.1, 0.15) is 465 Å². The summed E-state index contributed by atoms with van der Waals surface area (Å²) in [6.07, 6.45) is 71.1. The molecule has 0 spiro atoms. The molecule has 6 atom stereocenters. The Bertz CT molecular complexity index is 2030. The highest BCUT2D eigenvalue weighted by molar-refractivity contribution is 7.47. The summed E-state index contributed by atoms with van der Waals surface area (Å²) in [5.41, 5.74) is 0. The van der Waals surface area contributed by atoms with Gasteiger partial charge in [0.1, 0.15) is 19.3 Å². The number of unbranched alkanes of at least 4 members (excludes halogenated alkanes) is 55. The molecule has 106 heavy (non-hydrogen) atoms. The lowest BCUT2D eigenvalue weighted by atomic mass is 9.99. The molecule has 3 unspecified atom stereocenters. The van der Waals surface area contributed by atoms with Crippen LogP contribution in [-0.4, -0.2) is 96.7 Å². The van der Waals surface area contributed by atoms with Crippen LogP contribution in [0.2, 0.25) is 0 Å². The van der Waals surface area contributed by atoms with E-state index >= 15 is 0 Å². The van der Waals surface area contributed by atoms with E-state index in [0.717, 1.165) is 115 Å². The van der Waals surface area contributed by atoms with Crippen LogP contribution >= 0.6 is 15.6 Å². The van der Waals surface area contributed by atoms with Crippen LogP contribution < -0.4 is 0 Å². The Morgan fingerprint density at radius 2 is 0.481 bits per heavy atom. The van der Waals surface area contributed by atoms with E-state index in [4.69, 9.17) is 37.0 Å². The van der Waals surface area contributed by atoms with E-state index in [2.05, 4.69) is 41.5 Å². The first-order chi connectivity index (χ1) is 51.4. The van der Waals surface area contributed by atoms with Crippen molar-refractivity contribution in [1.29, 1.82) is 0 Å². The summed E-state index contributed by atoms with van der Waals surface area (Å²) >= 11 is 0. The molecule has 0 aliphatic heterocycles. The lowest BCUT2D eigenvalue weighted by Gasteiger charge is -2.21. The summed E-state index contributed by atoms with van der Waals surface area (Å²) in [4.78, 5) is 73.1. The Morgan fingerprint density at radius 1 is 0.274 bits per heavy atom. The number of hydrogen-bond acceptors (Lipinski definition) is 15. The molecule has 0 saturated heterocycles. The maximum absolute atomic E-state index is 13.1. The molecule has 0 aromatic carbocycles. The van der Waals surface area contributed by atoms with Gasteiger partial charge in [-0.3, -0.25) is 37.3 Å². The highest BCUT2D eigenvalue weighted by Gasteiger charge is 2.30. The van der Waals surface area contributed by atoms with Gasteiger partial charge < -0.3 is 33.8 Å². The number of carbonyl (C=O) groups excluding carboxylic acids is 4. The van der Waals surface area contributed by atoms with E-state index in [1.165, 1.54) is 270 Å². The van der Waals surface area contributed by atoms with Crippen molar-refractivity contribution in [2.75, 3.05) is 39.6 Å². The molecule has 0 aliphatic carbocycles. The van der Waals surface area contributed by atoms with Gasteiger partial charge in [-0.05, 0) is 37.5 Å². The molecule has 630 valence electrons. The van der Waals surface area contributed by atoms with Crippen molar-refractivity contribution in [3.8, 4) is 0 Å². The molecule has 0 aromatic heterocycles. The fourth-order valence-corrected chi connectivity index (χ4v) is 15.1. The third-order valence-corrected chi connectivity index (χ3v) is 22.7. The molecular formula is C87H170O17P2. The van der Waals surface area contributed by atoms with Gasteiger partial charge in [0.05, 0.1) is 26.4 Å². The molecule has 3 N–H and O–H groups in total. The van der Waals surface area contributed by atoms with Gasteiger partial charge in [0, 0.05) is 25.7 Å². The van der Waals surface area contributed by atoms with E-state index in [9.17, 15) is 43.2 Å². The molecule has 19 heteroatoms. The SMILES string of the molecule is CCCCCCCCCCCCCCCCCCCCCCCCC(=O)O[C@H](COC(=O)CCCCCCCCCCCCCCCCCCC(C)C)COP(=O)(O)OC[C@@H](O)COP(=O)(O)OC[C@@H](COC(=O)CCCCCCCCC)OC(=O)CCCCCCCCCCCCCCCCC(C)CC. The monoisotopic (exact) mass is 1550 g/mol. The maximum atomic E-state index is 13.1. The van der Waals surface area contributed by atoms with Crippen molar-refractivity contribution in [2.24, 2.45) is 11.8 Å². The second-order valence-electron chi connectivity index (χ2n) is 32.0. The van der Waals surface area contributed by atoms with E-state index < -0.39 is 97.5 Å². The molecule has 0 aromatic rings. The van der Waals surface area contributed by atoms with Gasteiger partial charge in [-0.25, -0.2) is 9.13 Å². The average molecular weight is 1550 g/mol. The molecule has 0 amide bonds. The minimum atomic E-state index is -4.97. The van der Waals surface area contributed by atoms with Gasteiger partial charge in [0.15, 0.2) is 12.2 Å². The zero-order valence-corrected chi connectivity index (χ0v) is 71.5. The third kappa shape index (κ3) is 78.7.